The predicted octanol–water partition coefficient (Wildman–Crippen LogP) is 0.405. The Morgan fingerprint density at radius 3 is 2.27 bits per heavy atom. The average Bonchev–Trinajstić information content (AvgIpc) is 2.62. The van der Waals surface area contributed by atoms with E-state index in [2.05, 4.69) is 10.1 Å². The maximum absolute atomic E-state index is 9.18. The lowest BCUT2D eigenvalue weighted by Crippen LogP contribution is -2.10. The highest BCUT2D eigenvalue weighted by atomic mass is 16.5. The van der Waals surface area contributed by atoms with Crippen molar-refractivity contribution >= 4 is 6.47 Å². The van der Waals surface area contributed by atoms with Crippen molar-refractivity contribution in [2.75, 3.05) is 19.7 Å². The molecule has 0 bridgehead atoms. The summed E-state index contributed by atoms with van der Waals surface area (Å²) in [4.78, 5) is 9.18. The molecule has 2 rings (SSSR count). The van der Waals surface area contributed by atoms with Gasteiger partial charge in [0, 0.05) is 0 Å². The lowest BCUT2D eigenvalue weighted by molar-refractivity contribution is -0.128. The zero-order valence-corrected chi connectivity index (χ0v) is 6.88. The van der Waals surface area contributed by atoms with Crippen LogP contribution in [0.4, 0.5) is 0 Å². The summed E-state index contributed by atoms with van der Waals surface area (Å²) >= 11 is 0. The van der Waals surface area contributed by atoms with Crippen LogP contribution < -0.4 is 5.32 Å². The van der Waals surface area contributed by atoms with Gasteiger partial charge in [-0.15, -0.1) is 0 Å². The van der Waals surface area contributed by atoms with E-state index in [0.717, 1.165) is 11.8 Å². The van der Waals surface area contributed by atoms with Gasteiger partial charge in [0.05, 0.1) is 6.61 Å². The maximum Gasteiger partial charge on any atom is 0.293 e. The minimum Gasteiger partial charge on any atom is -0.468 e. The van der Waals surface area contributed by atoms with E-state index in [1.54, 1.807) is 6.92 Å². The lowest BCUT2D eigenvalue weighted by atomic mass is 10.4. The Kier molecular flexibility index (Phi) is 3.36. The molecule has 0 spiro atoms. The summed E-state index contributed by atoms with van der Waals surface area (Å²) < 4.78 is 4.15. The summed E-state index contributed by atoms with van der Waals surface area (Å²) in [5.41, 5.74) is 0. The number of nitrogens with one attached hydrogen (secondary N) is 1. The van der Waals surface area contributed by atoms with E-state index < -0.39 is 0 Å². The van der Waals surface area contributed by atoms with E-state index in [9.17, 15) is 4.79 Å². The van der Waals surface area contributed by atoms with Crippen molar-refractivity contribution < 1.29 is 9.53 Å². The second kappa shape index (κ2) is 4.34. The van der Waals surface area contributed by atoms with Crippen LogP contribution in [0.2, 0.25) is 0 Å². The Morgan fingerprint density at radius 1 is 1.55 bits per heavy atom. The van der Waals surface area contributed by atoms with Crippen molar-refractivity contribution in [2.45, 2.75) is 13.3 Å². The fourth-order valence-electron chi connectivity index (χ4n) is 1.33. The van der Waals surface area contributed by atoms with Crippen molar-refractivity contribution in [3.63, 3.8) is 0 Å². The van der Waals surface area contributed by atoms with Crippen molar-refractivity contribution in [1.29, 1.82) is 0 Å². The first kappa shape index (κ1) is 8.53. The number of hydrogen-bond donors (Lipinski definition) is 1. The Bertz CT molecular complexity index is 119. The zero-order valence-electron chi connectivity index (χ0n) is 6.88. The van der Waals surface area contributed by atoms with Crippen LogP contribution in [-0.4, -0.2) is 26.2 Å². The van der Waals surface area contributed by atoms with Gasteiger partial charge in [0.2, 0.25) is 0 Å². The van der Waals surface area contributed by atoms with E-state index >= 15 is 0 Å². The summed E-state index contributed by atoms with van der Waals surface area (Å²) in [6, 6.07) is 0. The maximum atomic E-state index is 9.18. The highest BCUT2D eigenvalue weighted by Gasteiger charge is 2.40. The largest absolute Gasteiger partial charge is 0.468 e. The van der Waals surface area contributed by atoms with Gasteiger partial charge >= 0.3 is 0 Å². The molecule has 1 aliphatic heterocycles. The number of fused-ring (bicyclic) bond motifs is 1. The second-order valence-electron chi connectivity index (χ2n) is 2.97. The molecular weight excluding hydrogens is 142 g/mol. The Labute approximate surface area is 67.1 Å². The molecule has 0 radical (unpaired) electrons. The van der Waals surface area contributed by atoms with Gasteiger partial charge in [0.1, 0.15) is 0 Å². The molecule has 0 amide bonds. The molecule has 1 heterocycles. The van der Waals surface area contributed by atoms with Crippen LogP contribution in [0.5, 0.6) is 0 Å². The zero-order chi connectivity index (χ0) is 8.10. The molecule has 0 aromatic rings. The fraction of sp³-hybridized carbons (Fsp3) is 0.875. The van der Waals surface area contributed by atoms with Gasteiger partial charge in [0.15, 0.2) is 0 Å². The quantitative estimate of drug-likeness (QED) is 0.590. The van der Waals surface area contributed by atoms with Gasteiger partial charge in [-0.2, -0.15) is 0 Å². The number of piperidine rings is 1. The third-order valence-corrected chi connectivity index (χ3v) is 2.12. The van der Waals surface area contributed by atoms with Gasteiger partial charge in [-0.25, -0.2) is 0 Å². The van der Waals surface area contributed by atoms with Gasteiger partial charge in [-0.1, -0.05) is 0 Å². The number of ether oxygens (including phenoxy) is 1. The highest BCUT2D eigenvalue weighted by molar-refractivity contribution is 5.36. The number of carbonyl (C=O) groups excluding carboxylic acids is 1. The molecule has 1 aliphatic carbocycles. The number of carbonyl (C=O) groups is 1. The summed E-state index contributed by atoms with van der Waals surface area (Å²) in [5.74, 6) is 2.20. The molecule has 0 aromatic heterocycles. The van der Waals surface area contributed by atoms with Crippen LogP contribution >= 0.6 is 0 Å². The van der Waals surface area contributed by atoms with Gasteiger partial charge in [-0.05, 0) is 38.3 Å². The van der Waals surface area contributed by atoms with Crippen molar-refractivity contribution in [3.05, 3.63) is 0 Å². The van der Waals surface area contributed by atoms with Crippen molar-refractivity contribution in [3.8, 4) is 0 Å². The van der Waals surface area contributed by atoms with Crippen LogP contribution in [0.15, 0.2) is 0 Å². The molecule has 1 saturated heterocycles. The third-order valence-electron chi connectivity index (χ3n) is 2.12. The molecule has 2 aliphatic rings. The summed E-state index contributed by atoms with van der Waals surface area (Å²) in [6.45, 7) is 5.28. The minimum absolute atomic E-state index is 0.431. The van der Waals surface area contributed by atoms with E-state index in [0.29, 0.717) is 13.1 Å². The lowest BCUT2D eigenvalue weighted by Gasteiger charge is -1.87. The SMILES string of the molecule is C1NCC2CC12.CCOC=O. The molecule has 1 N–H and O–H groups in total. The molecule has 3 nitrogen and oxygen atoms in total. The summed E-state index contributed by atoms with van der Waals surface area (Å²) in [7, 11) is 0. The Hall–Kier alpha value is -0.570. The van der Waals surface area contributed by atoms with Crippen molar-refractivity contribution in [1.82, 2.24) is 5.32 Å². The van der Waals surface area contributed by atoms with Crippen LogP contribution in [0, 0.1) is 11.8 Å². The molecule has 1 saturated carbocycles. The fourth-order valence-corrected chi connectivity index (χ4v) is 1.33. The Morgan fingerprint density at radius 2 is 2.18 bits per heavy atom. The highest BCUT2D eigenvalue weighted by Crippen LogP contribution is 2.40. The van der Waals surface area contributed by atoms with Gasteiger partial charge < -0.3 is 10.1 Å². The predicted molar refractivity (Wildman–Crippen MR) is 42.2 cm³/mol. The molecule has 64 valence electrons. The van der Waals surface area contributed by atoms with E-state index in [1.165, 1.54) is 19.5 Å². The smallest absolute Gasteiger partial charge is 0.293 e. The van der Waals surface area contributed by atoms with E-state index in [4.69, 9.17) is 0 Å². The monoisotopic (exact) mass is 157 g/mol. The normalized spacial score (nSPS) is 31.4. The van der Waals surface area contributed by atoms with E-state index in [1.807, 2.05) is 0 Å². The third kappa shape index (κ3) is 2.89. The van der Waals surface area contributed by atoms with Gasteiger partial charge in [0.25, 0.3) is 6.47 Å². The number of rotatable bonds is 2. The standard InChI is InChI=1S/C5H9N.C3H6O2/c1-4-2-6-3-5(1)4;1-2-5-3-4/h4-6H,1-3H2;3H,2H2,1H3. The molecular formula is C8H15NO2. The second-order valence-corrected chi connectivity index (χ2v) is 2.97. The first-order valence-corrected chi connectivity index (χ1v) is 4.14. The minimum atomic E-state index is 0.431. The molecule has 2 atom stereocenters. The molecule has 2 fully saturated rings. The van der Waals surface area contributed by atoms with Crippen LogP contribution in [-0.2, 0) is 9.53 Å². The molecule has 0 aromatic carbocycles. The first-order valence-electron chi connectivity index (χ1n) is 4.14. The average molecular weight is 157 g/mol. The number of hydrogen-bond acceptors (Lipinski definition) is 3. The van der Waals surface area contributed by atoms with Crippen LogP contribution in [0.1, 0.15) is 13.3 Å². The van der Waals surface area contributed by atoms with E-state index in [-0.39, 0.29) is 0 Å². The molecule has 3 heteroatoms. The van der Waals surface area contributed by atoms with Crippen LogP contribution in [0.25, 0.3) is 0 Å². The first-order chi connectivity index (χ1) is 5.38. The Balaban J connectivity index is 0.000000114. The summed E-state index contributed by atoms with van der Waals surface area (Å²) in [5, 5.41) is 3.32. The summed E-state index contributed by atoms with van der Waals surface area (Å²) in [6.07, 6.45) is 1.52. The molecule has 2 unspecified atom stereocenters. The van der Waals surface area contributed by atoms with Crippen LogP contribution in [0.3, 0.4) is 0 Å². The van der Waals surface area contributed by atoms with Crippen molar-refractivity contribution in [2.24, 2.45) is 11.8 Å². The topological polar surface area (TPSA) is 38.3 Å². The molecule has 11 heavy (non-hydrogen) atoms. The van der Waals surface area contributed by atoms with Gasteiger partial charge in [-0.3, -0.25) is 4.79 Å².